The van der Waals surface area contributed by atoms with E-state index in [-0.39, 0.29) is 0 Å². The summed E-state index contributed by atoms with van der Waals surface area (Å²) in [6.07, 6.45) is 6.60. The zero-order valence-corrected chi connectivity index (χ0v) is 14.5. The van der Waals surface area contributed by atoms with Gasteiger partial charge in [-0.25, -0.2) is 0 Å². The molecule has 120 valence electrons. The van der Waals surface area contributed by atoms with Gasteiger partial charge in [-0.05, 0) is 58.3 Å². The predicted octanol–water partition coefficient (Wildman–Crippen LogP) is 2.82. The monoisotopic (exact) mass is 283 g/mol. The number of likely N-dealkylation sites (N-methyl/N-ethyl adjacent to an activating group) is 1. The quantitative estimate of drug-likeness (QED) is 0.622. The molecule has 1 saturated heterocycles. The van der Waals surface area contributed by atoms with Crippen molar-refractivity contribution in [1.29, 1.82) is 0 Å². The van der Waals surface area contributed by atoms with Crippen molar-refractivity contribution < 1.29 is 0 Å². The molecule has 0 aliphatic carbocycles. The van der Waals surface area contributed by atoms with Crippen LogP contribution in [0, 0.1) is 5.41 Å². The van der Waals surface area contributed by atoms with Crippen LogP contribution in [0.5, 0.6) is 0 Å². The molecule has 1 aliphatic heterocycles. The standard InChI is InChI=1S/C17H37N3/c1-6-10-17(3,14-18-11-7-2)15-20-12-8-9-16(20)13-19(4)5/h16,18H,6-15H2,1-5H3. The van der Waals surface area contributed by atoms with E-state index in [2.05, 4.69) is 50.0 Å². The van der Waals surface area contributed by atoms with Gasteiger partial charge in [0.25, 0.3) is 0 Å². The minimum absolute atomic E-state index is 0.429. The SMILES string of the molecule is CCCNCC(C)(CCC)CN1CCCC1CN(C)C. The van der Waals surface area contributed by atoms with E-state index < -0.39 is 0 Å². The number of likely N-dealkylation sites (tertiary alicyclic amines) is 1. The molecule has 0 amide bonds. The second-order valence-corrected chi connectivity index (χ2v) is 7.27. The van der Waals surface area contributed by atoms with Gasteiger partial charge in [-0.1, -0.05) is 27.2 Å². The van der Waals surface area contributed by atoms with Crippen LogP contribution in [0.4, 0.5) is 0 Å². The molecule has 0 aromatic carbocycles. The Morgan fingerprint density at radius 1 is 1.25 bits per heavy atom. The van der Waals surface area contributed by atoms with E-state index in [0.717, 1.165) is 12.6 Å². The molecule has 1 rings (SSSR count). The Hall–Kier alpha value is -0.120. The Morgan fingerprint density at radius 3 is 2.60 bits per heavy atom. The first-order chi connectivity index (χ1) is 9.50. The first kappa shape index (κ1) is 17.9. The summed E-state index contributed by atoms with van der Waals surface area (Å²) in [4.78, 5) is 5.10. The summed E-state index contributed by atoms with van der Waals surface area (Å²) in [6, 6.07) is 0.771. The van der Waals surface area contributed by atoms with Gasteiger partial charge in [-0.3, -0.25) is 4.90 Å². The van der Waals surface area contributed by atoms with Gasteiger partial charge in [0.05, 0.1) is 0 Å². The molecule has 20 heavy (non-hydrogen) atoms. The molecule has 3 nitrogen and oxygen atoms in total. The molecule has 0 radical (unpaired) electrons. The zero-order valence-electron chi connectivity index (χ0n) is 14.5. The Labute approximate surface area is 127 Å². The summed E-state index contributed by atoms with van der Waals surface area (Å²) in [5.41, 5.74) is 0.429. The van der Waals surface area contributed by atoms with Crippen LogP contribution >= 0.6 is 0 Å². The summed E-state index contributed by atoms with van der Waals surface area (Å²) in [5.74, 6) is 0. The fourth-order valence-corrected chi connectivity index (χ4v) is 3.62. The normalized spacial score (nSPS) is 23.4. The number of nitrogens with one attached hydrogen (secondary N) is 1. The van der Waals surface area contributed by atoms with E-state index in [9.17, 15) is 0 Å². The molecular weight excluding hydrogens is 246 g/mol. The lowest BCUT2D eigenvalue weighted by molar-refractivity contribution is 0.124. The molecule has 2 atom stereocenters. The number of nitrogens with zero attached hydrogens (tertiary/aromatic N) is 2. The van der Waals surface area contributed by atoms with E-state index in [0.29, 0.717) is 5.41 Å². The summed E-state index contributed by atoms with van der Waals surface area (Å²) in [6.45, 7) is 13.1. The van der Waals surface area contributed by atoms with Gasteiger partial charge in [0.2, 0.25) is 0 Å². The smallest absolute Gasteiger partial charge is 0.0223 e. The molecule has 1 N–H and O–H groups in total. The molecule has 2 unspecified atom stereocenters. The summed E-state index contributed by atoms with van der Waals surface area (Å²) in [7, 11) is 4.40. The lowest BCUT2D eigenvalue weighted by Gasteiger charge is -2.37. The van der Waals surface area contributed by atoms with Crippen LogP contribution in [0.25, 0.3) is 0 Å². The van der Waals surface area contributed by atoms with Gasteiger partial charge >= 0.3 is 0 Å². The fraction of sp³-hybridized carbons (Fsp3) is 1.00. The highest BCUT2D eigenvalue weighted by molar-refractivity contribution is 4.87. The minimum atomic E-state index is 0.429. The van der Waals surface area contributed by atoms with Crippen LogP contribution in [-0.2, 0) is 0 Å². The van der Waals surface area contributed by atoms with Gasteiger partial charge in [0.1, 0.15) is 0 Å². The van der Waals surface area contributed by atoms with Crippen LogP contribution in [0.2, 0.25) is 0 Å². The molecule has 0 saturated carbocycles. The van der Waals surface area contributed by atoms with Gasteiger partial charge in [-0.15, -0.1) is 0 Å². The maximum atomic E-state index is 3.65. The molecule has 1 heterocycles. The van der Waals surface area contributed by atoms with E-state index in [4.69, 9.17) is 0 Å². The molecular formula is C17H37N3. The third-order valence-corrected chi connectivity index (χ3v) is 4.49. The lowest BCUT2D eigenvalue weighted by atomic mass is 9.84. The van der Waals surface area contributed by atoms with E-state index in [1.165, 1.54) is 58.3 Å². The van der Waals surface area contributed by atoms with Crippen LogP contribution < -0.4 is 5.32 Å². The molecule has 1 fully saturated rings. The van der Waals surface area contributed by atoms with E-state index >= 15 is 0 Å². The molecule has 0 spiro atoms. The third kappa shape index (κ3) is 6.11. The van der Waals surface area contributed by atoms with Gasteiger partial charge in [-0.2, -0.15) is 0 Å². The molecule has 0 bridgehead atoms. The topological polar surface area (TPSA) is 18.5 Å². The Bertz CT molecular complexity index is 255. The maximum Gasteiger partial charge on any atom is 0.0223 e. The molecule has 3 heteroatoms. The Morgan fingerprint density at radius 2 is 2.00 bits per heavy atom. The molecule has 0 aromatic heterocycles. The second-order valence-electron chi connectivity index (χ2n) is 7.27. The van der Waals surface area contributed by atoms with Crippen molar-refractivity contribution in [2.75, 3.05) is 46.8 Å². The van der Waals surface area contributed by atoms with Crippen molar-refractivity contribution in [3.63, 3.8) is 0 Å². The van der Waals surface area contributed by atoms with Crippen molar-refractivity contribution in [2.45, 2.75) is 58.9 Å². The Kier molecular flexibility index (Phi) is 8.08. The number of hydrogen-bond acceptors (Lipinski definition) is 3. The Balaban J connectivity index is 2.54. The minimum Gasteiger partial charge on any atom is -0.316 e. The highest BCUT2D eigenvalue weighted by Gasteiger charge is 2.32. The van der Waals surface area contributed by atoms with Gasteiger partial charge < -0.3 is 10.2 Å². The van der Waals surface area contributed by atoms with Crippen LogP contribution in [0.1, 0.15) is 52.9 Å². The second kappa shape index (κ2) is 9.01. The van der Waals surface area contributed by atoms with Crippen molar-refractivity contribution in [3.05, 3.63) is 0 Å². The van der Waals surface area contributed by atoms with Gasteiger partial charge in [0.15, 0.2) is 0 Å². The average Bonchev–Trinajstić information content (AvgIpc) is 2.76. The van der Waals surface area contributed by atoms with E-state index in [1.807, 2.05) is 0 Å². The van der Waals surface area contributed by atoms with Crippen molar-refractivity contribution in [2.24, 2.45) is 5.41 Å². The zero-order chi connectivity index (χ0) is 15.0. The van der Waals surface area contributed by atoms with Crippen molar-refractivity contribution in [3.8, 4) is 0 Å². The fourth-order valence-electron chi connectivity index (χ4n) is 3.62. The summed E-state index contributed by atoms with van der Waals surface area (Å²) >= 11 is 0. The number of rotatable bonds is 10. The van der Waals surface area contributed by atoms with Crippen molar-refractivity contribution >= 4 is 0 Å². The predicted molar refractivity (Wildman–Crippen MR) is 89.3 cm³/mol. The summed E-state index contributed by atoms with van der Waals surface area (Å²) < 4.78 is 0. The first-order valence-electron chi connectivity index (χ1n) is 8.60. The van der Waals surface area contributed by atoms with Crippen LogP contribution in [-0.4, -0.2) is 62.7 Å². The highest BCUT2D eigenvalue weighted by Crippen LogP contribution is 2.28. The number of hydrogen-bond donors (Lipinski definition) is 1. The molecule has 0 aromatic rings. The first-order valence-corrected chi connectivity index (χ1v) is 8.60. The largest absolute Gasteiger partial charge is 0.316 e. The van der Waals surface area contributed by atoms with Gasteiger partial charge in [0, 0.05) is 25.7 Å². The highest BCUT2D eigenvalue weighted by atomic mass is 15.2. The van der Waals surface area contributed by atoms with E-state index in [1.54, 1.807) is 0 Å². The average molecular weight is 284 g/mol. The third-order valence-electron chi connectivity index (χ3n) is 4.49. The van der Waals surface area contributed by atoms with Crippen LogP contribution in [0.15, 0.2) is 0 Å². The molecule has 1 aliphatic rings. The summed E-state index contributed by atoms with van der Waals surface area (Å²) in [5, 5.41) is 3.65. The lowest BCUT2D eigenvalue weighted by Crippen LogP contribution is -2.46. The van der Waals surface area contributed by atoms with Crippen LogP contribution in [0.3, 0.4) is 0 Å². The van der Waals surface area contributed by atoms with Crippen molar-refractivity contribution in [1.82, 2.24) is 15.1 Å². The maximum absolute atomic E-state index is 3.65.